The van der Waals surface area contributed by atoms with E-state index >= 15 is 0 Å². The summed E-state index contributed by atoms with van der Waals surface area (Å²) in [6.45, 7) is 6.10. The van der Waals surface area contributed by atoms with Gasteiger partial charge in [-0.25, -0.2) is 4.79 Å². The fourth-order valence-electron chi connectivity index (χ4n) is 3.18. The first kappa shape index (κ1) is 19.1. The van der Waals surface area contributed by atoms with Crippen molar-refractivity contribution in [2.45, 2.75) is 32.7 Å². The van der Waals surface area contributed by atoms with Gasteiger partial charge in [0.2, 0.25) is 0 Å². The van der Waals surface area contributed by atoms with Crippen LogP contribution < -0.4 is 14.3 Å². The van der Waals surface area contributed by atoms with Gasteiger partial charge in [-0.15, -0.1) is 11.3 Å². The maximum atomic E-state index is 12.4. The molecule has 1 atom stereocenters. The second kappa shape index (κ2) is 8.32. The minimum atomic E-state index is -0.211. The van der Waals surface area contributed by atoms with Gasteiger partial charge in [-0.1, -0.05) is 0 Å². The number of urea groups is 1. The number of likely N-dealkylation sites (N-methyl/N-ethyl adjacent to an activating group) is 1. The first-order valence-corrected chi connectivity index (χ1v) is 10.3. The van der Waals surface area contributed by atoms with Crippen LogP contribution in [0.25, 0.3) is 0 Å². The number of amides is 2. The summed E-state index contributed by atoms with van der Waals surface area (Å²) in [6, 6.07) is 0.116. The van der Waals surface area contributed by atoms with Gasteiger partial charge in [-0.2, -0.15) is 5.10 Å². The van der Waals surface area contributed by atoms with Gasteiger partial charge in [0, 0.05) is 24.7 Å². The Kier molecular flexibility index (Phi) is 6.10. The van der Waals surface area contributed by atoms with Crippen LogP contribution in [0.4, 0.5) is 16.2 Å². The van der Waals surface area contributed by atoms with E-state index in [9.17, 15) is 4.79 Å². The Balaban J connectivity index is 1.66. The van der Waals surface area contributed by atoms with Crippen molar-refractivity contribution in [1.82, 2.24) is 19.4 Å². The number of thiophene rings is 1. The molecular formula is C17H26N6OS2. The van der Waals surface area contributed by atoms with E-state index in [1.165, 1.54) is 12.1 Å². The van der Waals surface area contributed by atoms with Gasteiger partial charge >= 0.3 is 6.03 Å². The summed E-state index contributed by atoms with van der Waals surface area (Å²) >= 11 is 2.98. The molecule has 0 aliphatic carbocycles. The van der Waals surface area contributed by atoms with Crippen LogP contribution in [0, 0.1) is 13.8 Å². The smallest absolute Gasteiger partial charge is 0.306 e. The number of piperidine rings is 1. The molecule has 3 rings (SSSR count). The highest BCUT2D eigenvalue weighted by Gasteiger charge is 2.26. The first-order chi connectivity index (χ1) is 12.4. The van der Waals surface area contributed by atoms with Crippen LogP contribution in [0.2, 0.25) is 0 Å². The molecule has 3 heterocycles. The molecule has 1 aliphatic heterocycles. The Hall–Kier alpha value is -1.71. The first-order valence-electron chi connectivity index (χ1n) is 8.69. The molecule has 26 heavy (non-hydrogen) atoms. The Morgan fingerprint density at radius 2 is 2.23 bits per heavy atom. The lowest BCUT2D eigenvalue weighted by Gasteiger charge is -2.37. The molecule has 0 spiro atoms. The summed E-state index contributed by atoms with van der Waals surface area (Å²) in [5, 5.41) is 9.30. The van der Waals surface area contributed by atoms with Gasteiger partial charge in [0.1, 0.15) is 0 Å². The Labute approximate surface area is 163 Å². The molecule has 0 bridgehead atoms. The lowest BCUT2D eigenvalue weighted by molar-refractivity contribution is 0.253. The zero-order chi connectivity index (χ0) is 18.7. The number of carbonyl (C=O) groups excluding carboxylic acids is 1. The van der Waals surface area contributed by atoms with Crippen molar-refractivity contribution in [3.05, 3.63) is 28.2 Å². The van der Waals surface area contributed by atoms with Crippen LogP contribution in [0.15, 0.2) is 17.8 Å². The molecule has 1 unspecified atom stereocenters. The van der Waals surface area contributed by atoms with Crippen LogP contribution in [0.1, 0.15) is 23.3 Å². The summed E-state index contributed by atoms with van der Waals surface area (Å²) in [4.78, 5) is 15.8. The molecule has 2 aromatic heterocycles. The third kappa shape index (κ3) is 4.52. The number of hydrogen-bond acceptors (Lipinski definition) is 6. The predicted octanol–water partition coefficient (Wildman–Crippen LogP) is 3.38. The van der Waals surface area contributed by atoms with Crippen molar-refractivity contribution >= 4 is 40.9 Å². The summed E-state index contributed by atoms with van der Waals surface area (Å²) in [5.74, 6) is 0. The average molecular weight is 395 g/mol. The van der Waals surface area contributed by atoms with E-state index in [1.807, 2.05) is 33.3 Å². The normalized spacial score (nSPS) is 17.9. The highest BCUT2D eigenvalue weighted by Crippen LogP contribution is 2.29. The molecule has 1 aliphatic rings. The molecule has 2 aromatic rings. The molecule has 0 saturated carbocycles. The topological polar surface area (TPSA) is 65.4 Å². The molecule has 7 nitrogen and oxygen atoms in total. The number of likely N-dealkylation sites (tertiary alicyclic amines) is 1. The van der Waals surface area contributed by atoms with Crippen molar-refractivity contribution in [2.24, 2.45) is 7.05 Å². The van der Waals surface area contributed by atoms with Crippen LogP contribution in [0.5, 0.6) is 0 Å². The number of anilines is 2. The lowest BCUT2D eigenvalue weighted by Crippen LogP contribution is -2.45. The molecule has 2 N–H and O–H groups in total. The van der Waals surface area contributed by atoms with Gasteiger partial charge in [0.15, 0.2) is 0 Å². The fraction of sp³-hybridized carbons (Fsp3) is 0.529. The van der Waals surface area contributed by atoms with Crippen molar-refractivity contribution in [2.75, 3.05) is 29.8 Å². The monoisotopic (exact) mass is 394 g/mol. The standard InChI is InChI=1S/C17H26N6OS2/c1-12-11-25-13(2)16(12)19-17(24)20-26-23(15-8-18-22(4)10-15)14-6-5-7-21(3)9-14/h8,10-11,14H,5-7,9H2,1-4H3,(H2,19,20,24). The Morgan fingerprint density at radius 1 is 1.42 bits per heavy atom. The minimum Gasteiger partial charge on any atom is -0.306 e. The average Bonchev–Trinajstić information content (AvgIpc) is 3.16. The van der Waals surface area contributed by atoms with E-state index in [0.717, 1.165) is 47.7 Å². The molecule has 1 saturated heterocycles. The number of aryl methyl sites for hydroxylation is 3. The van der Waals surface area contributed by atoms with Gasteiger partial charge in [0.05, 0.1) is 35.7 Å². The maximum Gasteiger partial charge on any atom is 0.330 e. The number of nitrogens with zero attached hydrogens (tertiary/aromatic N) is 4. The third-order valence-electron chi connectivity index (χ3n) is 4.51. The van der Waals surface area contributed by atoms with Crippen LogP contribution in [0.3, 0.4) is 0 Å². The highest BCUT2D eigenvalue weighted by molar-refractivity contribution is 7.99. The molecule has 1 fully saturated rings. The molecule has 0 radical (unpaired) electrons. The van der Waals surface area contributed by atoms with Crippen LogP contribution in [-0.2, 0) is 7.05 Å². The van der Waals surface area contributed by atoms with E-state index in [2.05, 4.69) is 36.8 Å². The quantitative estimate of drug-likeness (QED) is 0.761. The molecule has 2 amide bonds. The zero-order valence-corrected chi connectivity index (χ0v) is 17.3. The fourth-order valence-corrected chi connectivity index (χ4v) is 4.73. The van der Waals surface area contributed by atoms with Gasteiger partial charge < -0.3 is 10.2 Å². The van der Waals surface area contributed by atoms with Gasteiger partial charge in [-0.05, 0) is 51.2 Å². The van der Waals surface area contributed by atoms with E-state index in [1.54, 1.807) is 16.0 Å². The van der Waals surface area contributed by atoms with Crippen molar-refractivity contribution in [3.63, 3.8) is 0 Å². The van der Waals surface area contributed by atoms with E-state index in [-0.39, 0.29) is 6.03 Å². The second-order valence-corrected chi connectivity index (χ2v) is 8.62. The van der Waals surface area contributed by atoms with Crippen molar-refractivity contribution in [3.8, 4) is 0 Å². The zero-order valence-electron chi connectivity index (χ0n) is 15.7. The second-order valence-electron chi connectivity index (χ2n) is 6.75. The van der Waals surface area contributed by atoms with Crippen LogP contribution in [-0.4, -0.2) is 46.9 Å². The summed E-state index contributed by atoms with van der Waals surface area (Å²) in [6.07, 6.45) is 6.07. The SMILES string of the molecule is Cc1csc(C)c1NC(=O)NSN(c1cnn(C)c1)C1CCCN(C)C1. The van der Waals surface area contributed by atoms with E-state index < -0.39 is 0 Å². The minimum absolute atomic E-state index is 0.211. The Bertz CT molecular complexity index is 739. The summed E-state index contributed by atoms with van der Waals surface area (Å²) in [7, 11) is 4.04. The summed E-state index contributed by atoms with van der Waals surface area (Å²) < 4.78 is 6.88. The number of rotatable bonds is 5. The molecular weight excluding hydrogens is 368 g/mol. The van der Waals surface area contributed by atoms with Gasteiger partial charge in [-0.3, -0.25) is 13.7 Å². The number of hydrogen-bond donors (Lipinski definition) is 2. The largest absolute Gasteiger partial charge is 0.330 e. The molecule has 0 aromatic carbocycles. The third-order valence-corrected chi connectivity index (χ3v) is 6.52. The number of carbonyl (C=O) groups is 1. The number of aromatic nitrogens is 2. The Morgan fingerprint density at radius 3 is 2.85 bits per heavy atom. The predicted molar refractivity (Wildman–Crippen MR) is 110 cm³/mol. The van der Waals surface area contributed by atoms with E-state index in [0.29, 0.717) is 6.04 Å². The van der Waals surface area contributed by atoms with Gasteiger partial charge in [0.25, 0.3) is 0 Å². The van der Waals surface area contributed by atoms with Crippen molar-refractivity contribution < 1.29 is 4.79 Å². The molecule has 142 valence electrons. The van der Waals surface area contributed by atoms with E-state index in [4.69, 9.17) is 0 Å². The van der Waals surface area contributed by atoms with Crippen molar-refractivity contribution in [1.29, 1.82) is 0 Å². The molecule has 9 heteroatoms. The maximum absolute atomic E-state index is 12.4. The number of nitrogens with one attached hydrogen (secondary N) is 2. The lowest BCUT2D eigenvalue weighted by atomic mass is 10.1. The summed E-state index contributed by atoms with van der Waals surface area (Å²) in [5.41, 5.74) is 2.99. The van der Waals surface area contributed by atoms with Crippen LogP contribution >= 0.6 is 23.5 Å². The highest BCUT2D eigenvalue weighted by atomic mass is 32.2.